The fraction of sp³-hybridized carbons (Fsp3) is 0.400. The first-order valence-corrected chi connectivity index (χ1v) is 7.14. The zero-order valence-electron chi connectivity index (χ0n) is 12.8. The number of ether oxygens (including phenoxy) is 1. The van der Waals surface area contributed by atoms with Crippen molar-refractivity contribution in [2.24, 2.45) is 0 Å². The van der Waals surface area contributed by atoms with E-state index in [0.717, 1.165) is 5.69 Å². The summed E-state index contributed by atoms with van der Waals surface area (Å²) in [5.74, 6) is 0.301. The number of nitrogens with one attached hydrogen (secondary N) is 2. The van der Waals surface area contributed by atoms with Crippen LogP contribution in [0.4, 0.5) is 0 Å². The molecule has 0 aliphatic heterocycles. The van der Waals surface area contributed by atoms with Crippen LogP contribution in [-0.4, -0.2) is 40.9 Å². The van der Waals surface area contributed by atoms with Gasteiger partial charge in [0, 0.05) is 32.4 Å². The highest BCUT2D eigenvalue weighted by Crippen LogP contribution is 2.18. The van der Waals surface area contributed by atoms with Crippen LogP contribution in [0.3, 0.4) is 0 Å². The zero-order chi connectivity index (χ0) is 15.9. The number of pyridine rings is 1. The van der Waals surface area contributed by atoms with Gasteiger partial charge in [0.05, 0.1) is 5.69 Å². The number of aryl methyl sites for hydroxylation is 1. The normalized spacial score (nSPS) is 10.5. The van der Waals surface area contributed by atoms with Gasteiger partial charge in [-0.1, -0.05) is 0 Å². The summed E-state index contributed by atoms with van der Waals surface area (Å²) in [5.41, 5.74) is 1.58. The maximum atomic E-state index is 11.7. The fourth-order valence-corrected chi connectivity index (χ4v) is 2.00. The lowest BCUT2D eigenvalue weighted by Crippen LogP contribution is -2.32. The Balaban J connectivity index is 1.77. The third kappa shape index (κ3) is 4.47. The zero-order valence-corrected chi connectivity index (χ0v) is 12.8. The number of nitrogens with zero attached hydrogens (tertiary/aromatic N) is 2. The highest BCUT2D eigenvalue weighted by molar-refractivity contribution is 5.77. The molecule has 2 aromatic rings. The molecule has 7 nitrogen and oxygen atoms in total. The molecule has 118 valence electrons. The SMILES string of the molecule is CC(=O)NCCCNC(=O)COc1cccn2cc(C)nc12. The van der Waals surface area contributed by atoms with Crippen LogP contribution in [0, 0.1) is 6.92 Å². The number of rotatable bonds is 7. The second-order valence-electron chi connectivity index (χ2n) is 4.96. The minimum atomic E-state index is -0.201. The van der Waals surface area contributed by atoms with Crippen molar-refractivity contribution in [1.82, 2.24) is 20.0 Å². The molecule has 0 radical (unpaired) electrons. The number of amides is 2. The average Bonchev–Trinajstić information content (AvgIpc) is 2.85. The summed E-state index contributed by atoms with van der Waals surface area (Å²) < 4.78 is 7.38. The third-order valence-electron chi connectivity index (χ3n) is 2.98. The molecule has 0 saturated carbocycles. The van der Waals surface area contributed by atoms with Crippen molar-refractivity contribution in [3.63, 3.8) is 0 Å². The smallest absolute Gasteiger partial charge is 0.257 e. The Kier molecular flexibility index (Phi) is 5.35. The van der Waals surface area contributed by atoms with Gasteiger partial charge < -0.3 is 19.8 Å². The van der Waals surface area contributed by atoms with Crippen LogP contribution in [0.15, 0.2) is 24.5 Å². The van der Waals surface area contributed by atoms with Crippen molar-refractivity contribution in [1.29, 1.82) is 0 Å². The van der Waals surface area contributed by atoms with Crippen molar-refractivity contribution in [3.8, 4) is 5.75 Å². The van der Waals surface area contributed by atoms with Crippen LogP contribution < -0.4 is 15.4 Å². The number of hydrogen-bond donors (Lipinski definition) is 2. The number of carbonyl (C=O) groups excluding carboxylic acids is 2. The molecule has 0 aliphatic carbocycles. The Morgan fingerprint density at radius 2 is 2.09 bits per heavy atom. The molecule has 22 heavy (non-hydrogen) atoms. The number of carbonyl (C=O) groups is 2. The summed E-state index contributed by atoms with van der Waals surface area (Å²) in [7, 11) is 0. The average molecular weight is 304 g/mol. The van der Waals surface area contributed by atoms with E-state index >= 15 is 0 Å². The van der Waals surface area contributed by atoms with Crippen molar-refractivity contribution < 1.29 is 14.3 Å². The van der Waals surface area contributed by atoms with Crippen molar-refractivity contribution in [2.45, 2.75) is 20.3 Å². The Morgan fingerprint density at radius 1 is 1.32 bits per heavy atom. The largest absolute Gasteiger partial charge is 0.480 e. The topological polar surface area (TPSA) is 84.7 Å². The summed E-state index contributed by atoms with van der Waals surface area (Å²) >= 11 is 0. The first-order chi connectivity index (χ1) is 10.6. The monoisotopic (exact) mass is 304 g/mol. The molecule has 0 saturated heterocycles. The molecule has 0 spiro atoms. The van der Waals surface area contributed by atoms with Gasteiger partial charge in [0.1, 0.15) is 0 Å². The molecule has 0 aromatic carbocycles. The number of fused-ring (bicyclic) bond motifs is 1. The highest BCUT2D eigenvalue weighted by Gasteiger charge is 2.07. The van der Waals surface area contributed by atoms with Crippen LogP contribution in [0.2, 0.25) is 0 Å². The Hall–Kier alpha value is -2.57. The minimum Gasteiger partial charge on any atom is -0.480 e. The molecule has 7 heteroatoms. The Morgan fingerprint density at radius 3 is 2.86 bits per heavy atom. The predicted octanol–water partition coefficient (Wildman–Crippen LogP) is 0.664. The van der Waals surface area contributed by atoms with Crippen LogP contribution in [0.25, 0.3) is 5.65 Å². The van der Waals surface area contributed by atoms with E-state index in [9.17, 15) is 9.59 Å². The second kappa shape index (κ2) is 7.44. The van der Waals surface area contributed by atoms with E-state index in [1.54, 1.807) is 6.07 Å². The van der Waals surface area contributed by atoms with Gasteiger partial charge in [-0.15, -0.1) is 0 Å². The van der Waals surface area contributed by atoms with E-state index in [0.29, 0.717) is 30.9 Å². The van der Waals surface area contributed by atoms with Crippen LogP contribution in [0.1, 0.15) is 19.0 Å². The van der Waals surface area contributed by atoms with E-state index in [4.69, 9.17) is 4.74 Å². The van der Waals surface area contributed by atoms with E-state index in [1.807, 2.05) is 29.8 Å². The van der Waals surface area contributed by atoms with Crippen LogP contribution in [0.5, 0.6) is 5.75 Å². The molecule has 0 atom stereocenters. The maximum Gasteiger partial charge on any atom is 0.257 e. The highest BCUT2D eigenvalue weighted by atomic mass is 16.5. The van der Waals surface area contributed by atoms with Gasteiger partial charge in [0.15, 0.2) is 18.0 Å². The first kappa shape index (κ1) is 15.8. The molecule has 0 bridgehead atoms. The summed E-state index contributed by atoms with van der Waals surface area (Å²) in [6.07, 6.45) is 4.45. The van der Waals surface area contributed by atoms with Crippen molar-refractivity contribution in [2.75, 3.05) is 19.7 Å². The lowest BCUT2D eigenvalue weighted by Gasteiger charge is -2.08. The van der Waals surface area contributed by atoms with Crippen LogP contribution in [-0.2, 0) is 9.59 Å². The number of aromatic nitrogens is 2. The van der Waals surface area contributed by atoms with E-state index in [1.165, 1.54) is 6.92 Å². The van der Waals surface area contributed by atoms with E-state index in [-0.39, 0.29) is 18.4 Å². The molecule has 2 heterocycles. The Labute approximate surface area is 128 Å². The third-order valence-corrected chi connectivity index (χ3v) is 2.98. The molecule has 2 aromatic heterocycles. The molecule has 0 unspecified atom stereocenters. The molecule has 0 aliphatic rings. The van der Waals surface area contributed by atoms with Gasteiger partial charge in [-0.25, -0.2) is 4.98 Å². The molecule has 2 N–H and O–H groups in total. The van der Waals surface area contributed by atoms with Gasteiger partial charge in [0.2, 0.25) is 5.91 Å². The maximum absolute atomic E-state index is 11.7. The number of imidazole rings is 1. The quantitative estimate of drug-likeness (QED) is 0.736. The molecule has 0 fully saturated rings. The molecule has 2 amide bonds. The summed E-state index contributed by atoms with van der Waals surface area (Å²) in [5, 5.41) is 5.40. The fourth-order valence-electron chi connectivity index (χ4n) is 2.00. The second-order valence-corrected chi connectivity index (χ2v) is 4.96. The van der Waals surface area contributed by atoms with Gasteiger partial charge in [0.25, 0.3) is 5.91 Å². The van der Waals surface area contributed by atoms with Gasteiger partial charge >= 0.3 is 0 Å². The number of hydrogen-bond acceptors (Lipinski definition) is 4. The van der Waals surface area contributed by atoms with Crippen molar-refractivity contribution >= 4 is 17.5 Å². The summed E-state index contributed by atoms with van der Waals surface area (Å²) in [6.45, 7) is 4.34. The minimum absolute atomic E-state index is 0.0638. The molecular weight excluding hydrogens is 284 g/mol. The standard InChI is InChI=1S/C15H20N4O3/c1-11-9-19-8-3-5-13(15(19)18-11)22-10-14(21)17-7-4-6-16-12(2)20/h3,5,8-9H,4,6-7,10H2,1-2H3,(H,16,20)(H,17,21). The molecular formula is C15H20N4O3. The first-order valence-electron chi connectivity index (χ1n) is 7.14. The van der Waals surface area contributed by atoms with Gasteiger partial charge in [-0.05, 0) is 25.5 Å². The summed E-state index contributed by atoms with van der Waals surface area (Å²) in [4.78, 5) is 26.7. The Bertz CT molecular complexity index is 666. The van der Waals surface area contributed by atoms with Gasteiger partial charge in [-0.3, -0.25) is 9.59 Å². The van der Waals surface area contributed by atoms with Gasteiger partial charge in [-0.2, -0.15) is 0 Å². The lowest BCUT2D eigenvalue weighted by molar-refractivity contribution is -0.123. The van der Waals surface area contributed by atoms with Crippen molar-refractivity contribution in [3.05, 3.63) is 30.2 Å². The molecule has 2 rings (SSSR count). The lowest BCUT2D eigenvalue weighted by atomic mass is 10.4. The van der Waals surface area contributed by atoms with E-state index < -0.39 is 0 Å². The van der Waals surface area contributed by atoms with Crippen LogP contribution >= 0.6 is 0 Å². The predicted molar refractivity (Wildman–Crippen MR) is 81.7 cm³/mol. The summed E-state index contributed by atoms with van der Waals surface area (Å²) in [6, 6.07) is 3.63. The van der Waals surface area contributed by atoms with E-state index in [2.05, 4.69) is 15.6 Å².